The monoisotopic (exact) mass is 381 g/mol. The summed E-state index contributed by atoms with van der Waals surface area (Å²) in [6.45, 7) is 9.44. The molecule has 0 aromatic carbocycles. The number of Topliss-reactive ketones (excluding diaryl/α,β-unsaturated/α-hetero) is 1. The van der Waals surface area contributed by atoms with Gasteiger partial charge >= 0.3 is 0 Å². The van der Waals surface area contributed by atoms with Gasteiger partial charge in [0.15, 0.2) is 5.75 Å². The molecule has 0 radical (unpaired) electrons. The lowest BCUT2D eigenvalue weighted by molar-refractivity contribution is -0.117. The highest BCUT2D eigenvalue weighted by molar-refractivity contribution is 5.91. The van der Waals surface area contributed by atoms with Crippen molar-refractivity contribution >= 4 is 11.7 Å². The Hall–Kier alpha value is -2.87. The Morgan fingerprint density at radius 2 is 1.78 bits per heavy atom. The molecule has 2 rings (SSSR count). The minimum Gasteiger partial charge on any atom is -0.452 e. The zero-order valence-corrected chi connectivity index (χ0v) is 16.4. The number of carbonyl (C=O) groups is 2. The molecule has 8 heteroatoms. The van der Waals surface area contributed by atoms with Crippen molar-refractivity contribution in [1.29, 1.82) is 0 Å². The van der Waals surface area contributed by atoms with Crippen molar-refractivity contribution in [3.05, 3.63) is 48.3 Å². The molecule has 0 aliphatic rings. The number of nitrogens with zero attached hydrogens (tertiary/aromatic N) is 2. The first kappa shape index (κ1) is 26.4. The van der Waals surface area contributed by atoms with Gasteiger partial charge in [0.1, 0.15) is 17.2 Å². The lowest BCUT2D eigenvalue weighted by atomic mass is 10.3. The summed E-state index contributed by atoms with van der Waals surface area (Å²) in [7, 11) is 0. The van der Waals surface area contributed by atoms with Gasteiger partial charge in [0.05, 0.1) is 0 Å². The van der Waals surface area contributed by atoms with E-state index in [1.807, 2.05) is 27.7 Å². The number of rotatable bonds is 5. The van der Waals surface area contributed by atoms with Gasteiger partial charge in [-0.05, 0) is 25.1 Å². The fourth-order valence-corrected chi connectivity index (χ4v) is 1.34. The number of carbonyl (C=O) groups excluding carboxylic acids is 2. The molecule has 0 saturated carbocycles. The van der Waals surface area contributed by atoms with Crippen molar-refractivity contribution in [1.82, 2.24) is 9.97 Å². The smallest absolute Gasteiger partial charge is 0.267 e. The van der Waals surface area contributed by atoms with E-state index in [4.69, 9.17) is 15.6 Å². The molecule has 0 saturated heterocycles. The average Bonchev–Trinajstić information content (AvgIpc) is 2.67. The quantitative estimate of drug-likeness (QED) is 0.766. The third-order valence-electron chi connectivity index (χ3n) is 2.40. The van der Waals surface area contributed by atoms with Gasteiger partial charge in [-0.3, -0.25) is 14.6 Å². The third-order valence-corrected chi connectivity index (χ3v) is 2.40. The van der Waals surface area contributed by atoms with Crippen LogP contribution in [0.15, 0.2) is 36.7 Å². The van der Waals surface area contributed by atoms with Crippen LogP contribution >= 0.6 is 0 Å². The van der Waals surface area contributed by atoms with Gasteiger partial charge < -0.3 is 15.6 Å². The summed E-state index contributed by atoms with van der Waals surface area (Å²) >= 11 is 0. The first-order chi connectivity index (χ1) is 12.9. The van der Waals surface area contributed by atoms with Crippen LogP contribution in [0.25, 0.3) is 0 Å². The summed E-state index contributed by atoms with van der Waals surface area (Å²) < 4.78 is 18.4. The van der Waals surface area contributed by atoms with E-state index in [1.165, 1.54) is 43.6 Å². The standard InChI is InChI=1S/C11H8FN3O2.C4H8O2.2C2H6/c12-10-9(2-1-4-15-10)17-7-3-5-14-8(6-7)11(13)16;1-4(6)2-3-5;2*1-2/h1-6H,(H2,13,16);5H,2-3H2,1H3;2*1-2H3. The van der Waals surface area contributed by atoms with Crippen molar-refractivity contribution in [2.45, 2.75) is 41.0 Å². The van der Waals surface area contributed by atoms with E-state index >= 15 is 0 Å². The van der Waals surface area contributed by atoms with Crippen molar-refractivity contribution < 1.29 is 23.8 Å². The Kier molecular flexibility index (Phi) is 16.2. The molecule has 0 bridgehead atoms. The highest BCUT2D eigenvalue weighted by atomic mass is 19.1. The van der Waals surface area contributed by atoms with Crippen molar-refractivity contribution in [2.24, 2.45) is 5.73 Å². The number of hydrogen-bond donors (Lipinski definition) is 2. The van der Waals surface area contributed by atoms with Gasteiger partial charge in [0.2, 0.25) is 0 Å². The molecule has 1 amide bonds. The minimum absolute atomic E-state index is 0.0185. The fourth-order valence-electron chi connectivity index (χ4n) is 1.34. The van der Waals surface area contributed by atoms with E-state index in [-0.39, 0.29) is 29.6 Å². The van der Waals surface area contributed by atoms with E-state index < -0.39 is 11.9 Å². The Morgan fingerprint density at radius 1 is 1.15 bits per heavy atom. The minimum atomic E-state index is -0.732. The number of aromatic nitrogens is 2. The van der Waals surface area contributed by atoms with Gasteiger partial charge in [-0.2, -0.15) is 4.39 Å². The average molecular weight is 381 g/mol. The molecular weight excluding hydrogens is 353 g/mol. The zero-order valence-electron chi connectivity index (χ0n) is 16.4. The number of amides is 1. The first-order valence-electron chi connectivity index (χ1n) is 8.58. The van der Waals surface area contributed by atoms with Crippen LogP contribution in [0.4, 0.5) is 4.39 Å². The van der Waals surface area contributed by atoms with Gasteiger partial charge in [-0.15, -0.1) is 0 Å². The van der Waals surface area contributed by atoms with E-state index in [0.29, 0.717) is 6.42 Å². The van der Waals surface area contributed by atoms with Crippen LogP contribution in [0.3, 0.4) is 0 Å². The van der Waals surface area contributed by atoms with Crippen LogP contribution in [0.2, 0.25) is 0 Å². The number of nitrogens with two attached hydrogens (primary N) is 1. The first-order valence-corrected chi connectivity index (χ1v) is 8.58. The van der Waals surface area contributed by atoms with E-state index in [2.05, 4.69) is 9.97 Å². The summed E-state index contributed by atoms with van der Waals surface area (Å²) in [6, 6.07) is 5.77. The maximum absolute atomic E-state index is 13.2. The SMILES string of the molecule is CC.CC.CC(=O)CCO.NC(=O)c1cc(Oc2cccnc2F)ccn1. The maximum atomic E-state index is 13.2. The summed E-state index contributed by atoms with van der Waals surface area (Å²) in [4.78, 5) is 27.9. The number of aliphatic hydroxyl groups excluding tert-OH is 1. The van der Waals surface area contributed by atoms with Crippen LogP contribution in [-0.2, 0) is 4.79 Å². The normalized spacial score (nSPS) is 8.56. The second kappa shape index (κ2) is 16.6. The van der Waals surface area contributed by atoms with Crippen molar-refractivity contribution in [3.63, 3.8) is 0 Å². The number of pyridine rings is 2. The molecule has 0 fully saturated rings. The predicted octanol–water partition coefficient (Wildman–Crippen LogP) is 3.52. The third kappa shape index (κ3) is 12.2. The van der Waals surface area contributed by atoms with E-state index in [1.54, 1.807) is 0 Å². The lowest BCUT2D eigenvalue weighted by Gasteiger charge is -2.05. The Balaban J connectivity index is 0. The molecule has 3 N–H and O–H groups in total. The number of ether oxygens (including phenoxy) is 1. The van der Waals surface area contributed by atoms with Crippen LogP contribution in [0.1, 0.15) is 51.5 Å². The van der Waals surface area contributed by atoms with Crippen LogP contribution < -0.4 is 10.5 Å². The molecule has 0 atom stereocenters. The second-order valence-corrected chi connectivity index (χ2v) is 4.31. The highest BCUT2D eigenvalue weighted by Gasteiger charge is 2.07. The molecule has 0 spiro atoms. The molecule has 0 aliphatic heterocycles. The molecule has 0 aliphatic carbocycles. The Labute approximate surface area is 159 Å². The molecule has 2 heterocycles. The maximum Gasteiger partial charge on any atom is 0.267 e. The molecule has 0 unspecified atom stereocenters. The van der Waals surface area contributed by atoms with Crippen molar-refractivity contribution in [2.75, 3.05) is 6.61 Å². The Bertz CT molecular complexity index is 682. The van der Waals surface area contributed by atoms with E-state index in [9.17, 15) is 14.0 Å². The number of primary amides is 1. The molecule has 2 aromatic rings. The second-order valence-electron chi connectivity index (χ2n) is 4.31. The van der Waals surface area contributed by atoms with Gasteiger partial charge in [0, 0.05) is 31.5 Å². The highest BCUT2D eigenvalue weighted by Crippen LogP contribution is 2.22. The summed E-state index contributed by atoms with van der Waals surface area (Å²) in [6.07, 6.45) is 2.95. The van der Waals surface area contributed by atoms with Crippen LogP contribution in [-0.4, -0.2) is 33.4 Å². The molecule has 2 aromatic heterocycles. The predicted molar refractivity (Wildman–Crippen MR) is 102 cm³/mol. The van der Waals surface area contributed by atoms with Crippen LogP contribution in [0.5, 0.6) is 11.5 Å². The van der Waals surface area contributed by atoms with Gasteiger partial charge in [0.25, 0.3) is 11.9 Å². The van der Waals surface area contributed by atoms with Crippen LogP contribution in [0, 0.1) is 5.95 Å². The molecule has 27 heavy (non-hydrogen) atoms. The fraction of sp³-hybridized carbons (Fsp3) is 0.368. The molecular formula is C19H28FN3O4. The molecule has 150 valence electrons. The lowest BCUT2D eigenvalue weighted by Crippen LogP contribution is -2.12. The number of hydrogen-bond acceptors (Lipinski definition) is 6. The topological polar surface area (TPSA) is 115 Å². The number of ketones is 1. The number of halogens is 1. The summed E-state index contributed by atoms with van der Waals surface area (Å²) in [5.74, 6) is -1.14. The zero-order chi connectivity index (χ0) is 21.2. The summed E-state index contributed by atoms with van der Waals surface area (Å²) in [5, 5.41) is 8.02. The van der Waals surface area contributed by atoms with E-state index in [0.717, 1.165) is 0 Å². The van der Waals surface area contributed by atoms with Gasteiger partial charge in [-0.25, -0.2) is 4.98 Å². The molecule has 7 nitrogen and oxygen atoms in total. The van der Waals surface area contributed by atoms with Gasteiger partial charge in [-0.1, -0.05) is 27.7 Å². The van der Waals surface area contributed by atoms with Crippen molar-refractivity contribution in [3.8, 4) is 11.5 Å². The Morgan fingerprint density at radius 3 is 2.22 bits per heavy atom. The summed E-state index contributed by atoms with van der Waals surface area (Å²) in [5.41, 5.74) is 5.11. The number of aliphatic hydroxyl groups is 1. The largest absolute Gasteiger partial charge is 0.452 e.